The Hall–Kier alpha value is -0.560. The molecule has 2 rings (SSSR count). The van der Waals surface area contributed by atoms with Crippen molar-refractivity contribution in [3.63, 3.8) is 0 Å². The molecule has 16 heavy (non-hydrogen) atoms. The highest BCUT2D eigenvalue weighted by molar-refractivity contribution is 6.20. The van der Waals surface area contributed by atoms with Crippen molar-refractivity contribution in [3.8, 4) is 0 Å². The normalized spacial score (nSPS) is 25.8. The second-order valence-electron chi connectivity index (χ2n) is 4.94. The van der Waals surface area contributed by atoms with E-state index in [9.17, 15) is 4.39 Å². The third-order valence-electron chi connectivity index (χ3n) is 3.50. The van der Waals surface area contributed by atoms with Gasteiger partial charge >= 0.3 is 0 Å². The van der Waals surface area contributed by atoms with Gasteiger partial charge < -0.3 is 0 Å². The van der Waals surface area contributed by atoms with Gasteiger partial charge in [-0.05, 0) is 61.8 Å². The minimum absolute atomic E-state index is 0.0479. The van der Waals surface area contributed by atoms with Gasteiger partial charge in [-0.1, -0.05) is 12.5 Å². The number of hydrogen-bond acceptors (Lipinski definition) is 0. The summed E-state index contributed by atoms with van der Waals surface area (Å²) >= 11 is 6.17. The van der Waals surface area contributed by atoms with E-state index in [1.54, 1.807) is 6.07 Å². The van der Waals surface area contributed by atoms with E-state index >= 15 is 0 Å². The Kier molecular flexibility index (Phi) is 3.53. The van der Waals surface area contributed by atoms with Crippen LogP contribution in [0, 0.1) is 19.7 Å². The summed E-state index contributed by atoms with van der Waals surface area (Å²) in [5, 5.41) is 0.221. The van der Waals surface area contributed by atoms with E-state index in [4.69, 9.17) is 11.6 Å². The third-order valence-corrected chi connectivity index (χ3v) is 3.90. The van der Waals surface area contributed by atoms with Crippen molar-refractivity contribution in [3.05, 3.63) is 34.6 Å². The predicted molar refractivity (Wildman–Crippen MR) is 66.7 cm³/mol. The minimum Gasteiger partial charge on any atom is -0.207 e. The van der Waals surface area contributed by atoms with Crippen LogP contribution in [0.1, 0.15) is 48.3 Å². The molecule has 1 aliphatic rings. The zero-order valence-corrected chi connectivity index (χ0v) is 10.6. The molecular weight excluding hydrogens is 223 g/mol. The molecule has 0 spiro atoms. The summed E-state index contributed by atoms with van der Waals surface area (Å²) in [5.74, 6) is 0.269. The van der Waals surface area contributed by atoms with Crippen LogP contribution >= 0.6 is 11.6 Å². The van der Waals surface area contributed by atoms with Gasteiger partial charge in [0.1, 0.15) is 5.82 Å². The van der Waals surface area contributed by atoms with Crippen LogP contribution in [0.5, 0.6) is 0 Å². The van der Waals surface area contributed by atoms with Crippen LogP contribution in [0.3, 0.4) is 0 Å². The molecule has 1 fully saturated rings. The van der Waals surface area contributed by atoms with Gasteiger partial charge in [-0.3, -0.25) is 0 Å². The number of aryl methyl sites for hydroxylation is 2. The predicted octanol–water partition coefficient (Wildman–Crippen LogP) is 4.71. The van der Waals surface area contributed by atoms with Gasteiger partial charge in [0.2, 0.25) is 0 Å². The molecule has 0 nitrogen and oxygen atoms in total. The average molecular weight is 241 g/mol. The summed E-state index contributed by atoms with van der Waals surface area (Å²) in [4.78, 5) is 0. The topological polar surface area (TPSA) is 0 Å². The molecule has 1 aromatic rings. The lowest BCUT2D eigenvalue weighted by Crippen LogP contribution is -2.16. The van der Waals surface area contributed by atoms with Gasteiger partial charge in [-0.15, -0.1) is 11.6 Å². The first-order valence-electron chi connectivity index (χ1n) is 5.98. The van der Waals surface area contributed by atoms with Crippen molar-refractivity contribution in [1.82, 2.24) is 0 Å². The van der Waals surface area contributed by atoms with Crippen molar-refractivity contribution < 1.29 is 4.39 Å². The molecule has 88 valence electrons. The molecule has 0 aliphatic heterocycles. The SMILES string of the molecule is Cc1cc(C)c(C2CCCC(Cl)C2)c(F)c1. The Morgan fingerprint density at radius 3 is 2.62 bits per heavy atom. The van der Waals surface area contributed by atoms with Crippen LogP contribution in [0.4, 0.5) is 4.39 Å². The van der Waals surface area contributed by atoms with Crippen molar-refractivity contribution in [2.24, 2.45) is 0 Å². The molecule has 0 saturated heterocycles. The molecule has 2 unspecified atom stereocenters. The summed E-state index contributed by atoms with van der Waals surface area (Å²) in [6.07, 6.45) is 4.18. The second-order valence-corrected chi connectivity index (χ2v) is 5.56. The van der Waals surface area contributed by atoms with Crippen molar-refractivity contribution in [2.45, 2.75) is 50.8 Å². The largest absolute Gasteiger partial charge is 0.207 e. The number of alkyl halides is 1. The maximum atomic E-state index is 14.0. The van der Waals surface area contributed by atoms with Crippen LogP contribution < -0.4 is 0 Å². The Labute approximate surface area is 102 Å². The summed E-state index contributed by atoms with van der Waals surface area (Å²) in [6, 6.07) is 3.70. The Morgan fingerprint density at radius 1 is 1.25 bits per heavy atom. The molecule has 2 heteroatoms. The number of hydrogen-bond donors (Lipinski definition) is 0. The Morgan fingerprint density at radius 2 is 2.00 bits per heavy atom. The molecule has 1 aliphatic carbocycles. The quantitative estimate of drug-likeness (QED) is 0.624. The lowest BCUT2D eigenvalue weighted by molar-refractivity contribution is 0.433. The van der Waals surface area contributed by atoms with Crippen LogP contribution in [-0.2, 0) is 0 Å². The summed E-state index contributed by atoms with van der Waals surface area (Å²) < 4.78 is 14.0. The van der Waals surface area contributed by atoms with Gasteiger partial charge in [0.25, 0.3) is 0 Å². The molecular formula is C14H18ClF. The van der Waals surface area contributed by atoms with Gasteiger partial charge in [0.05, 0.1) is 0 Å². The first-order chi connectivity index (χ1) is 7.58. The zero-order valence-electron chi connectivity index (χ0n) is 9.89. The molecule has 2 atom stereocenters. The monoisotopic (exact) mass is 240 g/mol. The second kappa shape index (κ2) is 4.75. The van der Waals surface area contributed by atoms with Gasteiger partial charge in [0, 0.05) is 5.38 Å². The fraction of sp³-hybridized carbons (Fsp3) is 0.571. The van der Waals surface area contributed by atoms with Gasteiger partial charge in [-0.25, -0.2) is 4.39 Å². The van der Waals surface area contributed by atoms with Gasteiger partial charge in [0.15, 0.2) is 0 Å². The molecule has 0 N–H and O–H groups in total. The van der Waals surface area contributed by atoms with E-state index in [1.807, 2.05) is 13.8 Å². The molecule has 1 saturated carbocycles. The van der Waals surface area contributed by atoms with Crippen LogP contribution in [0.25, 0.3) is 0 Å². The van der Waals surface area contributed by atoms with E-state index in [1.165, 1.54) is 0 Å². The maximum absolute atomic E-state index is 14.0. The summed E-state index contributed by atoms with van der Waals surface area (Å²) in [6.45, 7) is 3.94. The first-order valence-corrected chi connectivity index (χ1v) is 6.42. The Balaban J connectivity index is 2.32. The fourth-order valence-electron chi connectivity index (χ4n) is 2.84. The highest BCUT2D eigenvalue weighted by atomic mass is 35.5. The van der Waals surface area contributed by atoms with Crippen molar-refractivity contribution in [2.75, 3.05) is 0 Å². The zero-order chi connectivity index (χ0) is 11.7. The minimum atomic E-state index is -0.0479. The fourth-order valence-corrected chi connectivity index (χ4v) is 3.21. The lowest BCUT2D eigenvalue weighted by Gasteiger charge is -2.27. The average Bonchev–Trinajstić information content (AvgIpc) is 2.15. The van der Waals surface area contributed by atoms with Gasteiger partial charge in [-0.2, -0.15) is 0 Å². The molecule has 0 aromatic heterocycles. The summed E-state index contributed by atoms with van der Waals surface area (Å²) in [5.41, 5.74) is 2.97. The highest BCUT2D eigenvalue weighted by Crippen LogP contribution is 2.38. The van der Waals surface area contributed by atoms with Crippen molar-refractivity contribution in [1.29, 1.82) is 0 Å². The maximum Gasteiger partial charge on any atom is 0.127 e. The first kappa shape index (κ1) is 11.9. The smallest absolute Gasteiger partial charge is 0.127 e. The van der Waals surface area contributed by atoms with E-state index in [-0.39, 0.29) is 11.2 Å². The van der Waals surface area contributed by atoms with E-state index < -0.39 is 0 Å². The molecule has 0 heterocycles. The highest BCUT2D eigenvalue weighted by Gasteiger charge is 2.25. The van der Waals surface area contributed by atoms with Crippen LogP contribution in [-0.4, -0.2) is 5.38 Å². The number of halogens is 2. The Bertz CT molecular complexity index is 363. The molecule has 0 radical (unpaired) electrons. The molecule has 1 aromatic carbocycles. The van der Waals surface area contributed by atoms with Crippen LogP contribution in [0.2, 0.25) is 0 Å². The van der Waals surface area contributed by atoms with Crippen molar-refractivity contribution >= 4 is 11.6 Å². The number of rotatable bonds is 1. The van der Waals surface area contributed by atoms with E-state index in [2.05, 4.69) is 6.07 Å². The van der Waals surface area contributed by atoms with Crippen LogP contribution in [0.15, 0.2) is 12.1 Å². The van der Waals surface area contributed by atoms with E-state index in [0.717, 1.165) is 42.4 Å². The standard InChI is InChI=1S/C14H18ClF/c1-9-6-10(2)14(13(16)7-9)11-4-3-5-12(15)8-11/h6-7,11-12H,3-5,8H2,1-2H3. The van der Waals surface area contributed by atoms with E-state index in [0.29, 0.717) is 5.92 Å². The number of benzene rings is 1. The molecule has 0 bridgehead atoms. The third kappa shape index (κ3) is 2.40. The molecule has 0 amide bonds. The lowest BCUT2D eigenvalue weighted by atomic mass is 9.81. The summed E-state index contributed by atoms with van der Waals surface area (Å²) in [7, 11) is 0.